The molecule has 0 saturated carbocycles. The summed E-state index contributed by atoms with van der Waals surface area (Å²) in [6.45, 7) is 6.06. The molecule has 0 bridgehead atoms. The quantitative estimate of drug-likeness (QED) is 0.639. The fourth-order valence-electron chi connectivity index (χ4n) is 2.02. The van der Waals surface area contributed by atoms with Gasteiger partial charge in [-0.15, -0.1) is 0 Å². The molecule has 0 aromatic rings. The molecule has 1 aliphatic heterocycles. The largest absolute Gasteiger partial charge is 0.382 e. The lowest BCUT2D eigenvalue weighted by molar-refractivity contribution is -0.149. The number of hydrogen-bond acceptors (Lipinski definition) is 4. The fourth-order valence-corrected chi connectivity index (χ4v) is 2.02. The smallest absolute Gasteiger partial charge is 0.248 e. The molecule has 1 unspecified atom stereocenters. The number of hydrogen-bond donors (Lipinski definition) is 1. The molecule has 1 N–H and O–H groups in total. The lowest BCUT2D eigenvalue weighted by Gasteiger charge is -2.39. The van der Waals surface area contributed by atoms with Gasteiger partial charge in [0.25, 0.3) is 0 Å². The van der Waals surface area contributed by atoms with Gasteiger partial charge in [0.15, 0.2) is 0 Å². The van der Waals surface area contributed by atoms with Gasteiger partial charge in [-0.3, -0.25) is 9.59 Å². The molecule has 0 radical (unpaired) electrons. The highest BCUT2D eigenvalue weighted by Gasteiger charge is 2.41. The number of nitrogens with zero attached hydrogens (tertiary/aromatic N) is 1. The van der Waals surface area contributed by atoms with Gasteiger partial charge in [-0.1, -0.05) is 6.92 Å². The molecule has 0 aromatic heterocycles. The van der Waals surface area contributed by atoms with E-state index < -0.39 is 5.54 Å². The second kappa shape index (κ2) is 7.45. The van der Waals surface area contributed by atoms with Crippen molar-refractivity contribution in [2.75, 3.05) is 40.0 Å². The van der Waals surface area contributed by atoms with Gasteiger partial charge in [0.2, 0.25) is 11.8 Å². The fraction of sp³-hybridized carbons (Fsp3) is 0.846. The van der Waals surface area contributed by atoms with Crippen molar-refractivity contribution in [2.24, 2.45) is 0 Å². The molecule has 19 heavy (non-hydrogen) atoms. The van der Waals surface area contributed by atoms with Crippen LogP contribution in [0.5, 0.6) is 0 Å². The van der Waals surface area contributed by atoms with Gasteiger partial charge < -0.3 is 19.7 Å². The first-order valence-electron chi connectivity index (χ1n) is 6.70. The topological polar surface area (TPSA) is 67.9 Å². The second-order valence-electron chi connectivity index (χ2n) is 4.92. The maximum absolute atomic E-state index is 12.2. The van der Waals surface area contributed by atoms with Crippen LogP contribution in [0.4, 0.5) is 0 Å². The minimum Gasteiger partial charge on any atom is -0.382 e. The Kier molecular flexibility index (Phi) is 6.24. The molecule has 1 atom stereocenters. The van der Waals surface area contributed by atoms with E-state index in [2.05, 4.69) is 5.32 Å². The van der Waals surface area contributed by atoms with Crippen molar-refractivity contribution in [1.29, 1.82) is 0 Å². The van der Waals surface area contributed by atoms with Crippen molar-refractivity contribution in [3.63, 3.8) is 0 Å². The molecule has 1 heterocycles. The van der Waals surface area contributed by atoms with Crippen molar-refractivity contribution in [3.05, 3.63) is 0 Å². The zero-order chi connectivity index (χ0) is 14.3. The highest BCUT2D eigenvalue weighted by Crippen LogP contribution is 2.17. The van der Waals surface area contributed by atoms with Gasteiger partial charge in [-0.2, -0.15) is 0 Å². The Balaban J connectivity index is 2.36. The van der Waals surface area contributed by atoms with E-state index in [-0.39, 0.29) is 18.4 Å². The van der Waals surface area contributed by atoms with Crippen LogP contribution in [0.15, 0.2) is 0 Å². The van der Waals surface area contributed by atoms with Gasteiger partial charge in [0.05, 0.1) is 19.8 Å². The first-order chi connectivity index (χ1) is 9.03. The Bertz CT molecular complexity index is 322. The highest BCUT2D eigenvalue weighted by molar-refractivity contribution is 5.97. The number of ether oxygens (including phenoxy) is 2. The minimum absolute atomic E-state index is 0.00788. The van der Waals surface area contributed by atoms with E-state index in [0.29, 0.717) is 32.8 Å². The lowest BCUT2D eigenvalue weighted by Crippen LogP contribution is -2.65. The summed E-state index contributed by atoms with van der Waals surface area (Å²) in [6, 6.07) is 0. The first-order valence-corrected chi connectivity index (χ1v) is 6.70. The number of amides is 2. The SMILES string of the molecule is CCC1(C)NC(=O)CN(CCCOCCOC)C1=O. The van der Waals surface area contributed by atoms with E-state index in [9.17, 15) is 9.59 Å². The van der Waals surface area contributed by atoms with Gasteiger partial charge in [-0.25, -0.2) is 0 Å². The average Bonchev–Trinajstić information content (AvgIpc) is 2.39. The van der Waals surface area contributed by atoms with Gasteiger partial charge in [0.1, 0.15) is 5.54 Å². The summed E-state index contributed by atoms with van der Waals surface area (Å²) in [6.07, 6.45) is 1.32. The zero-order valence-electron chi connectivity index (χ0n) is 12.0. The van der Waals surface area contributed by atoms with Crippen molar-refractivity contribution in [2.45, 2.75) is 32.2 Å². The van der Waals surface area contributed by atoms with Crippen molar-refractivity contribution in [1.82, 2.24) is 10.2 Å². The van der Waals surface area contributed by atoms with Crippen LogP contribution >= 0.6 is 0 Å². The third kappa shape index (κ3) is 4.47. The van der Waals surface area contributed by atoms with Crippen LogP contribution < -0.4 is 5.32 Å². The van der Waals surface area contributed by atoms with Gasteiger partial charge in [-0.05, 0) is 19.8 Å². The molecule has 0 spiro atoms. The molecular formula is C13H24N2O4. The molecule has 2 amide bonds. The van der Waals surface area contributed by atoms with E-state index in [1.165, 1.54) is 0 Å². The Labute approximate surface area is 114 Å². The van der Waals surface area contributed by atoms with Crippen LogP contribution in [0, 0.1) is 0 Å². The number of nitrogens with one attached hydrogen (secondary N) is 1. The Hall–Kier alpha value is -1.14. The van der Waals surface area contributed by atoms with Crippen LogP contribution in [-0.2, 0) is 19.1 Å². The maximum Gasteiger partial charge on any atom is 0.248 e. The lowest BCUT2D eigenvalue weighted by atomic mass is 9.94. The molecule has 1 aliphatic rings. The summed E-state index contributed by atoms with van der Waals surface area (Å²) in [7, 11) is 1.62. The molecule has 6 nitrogen and oxygen atoms in total. The van der Waals surface area contributed by atoms with E-state index in [1.54, 1.807) is 18.9 Å². The summed E-state index contributed by atoms with van der Waals surface area (Å²) >= 11 is 0. The van der Waals surface area contributed by atoms with Crippen molar-refractivity contribution >= 4 is 11.8 Å². The normalized spacial score (nSPS) is 23.6. The molecule has 1 saturated heterocycles. The average molecular weight is 272 g/mol. The molecule has 6 heteroatoms. The maximum atomic E-state index is 12.2. The summed E-state index contributed by atoms with van der Waals surface area (Å²) in [5, 5.41) is 2.76. The van der Waals surface area contributed by atoms with Gasteiger partial charge in [0, 0.05) is 20.3 Å². The summed E-state index contributed by atoms with van der Waals surface area (Å²) in [4.78, 5) is 25.5. The standard InChI is InChI=1S/C13H24N2O4/c1-4-13(2)12(17)15(10-11(16)14-13)6-5-7-19-9-8-18-3/h4-10H2,1-3H3,(H,14,16). The molecule has 1 fully saturated rings. The van der Waals surface area contributed by atoms with Crippen LogP contribution in [0.1, 0.15) is 26.7 Å². The molecular weight excluding hydrogens is 248 g/mol. The highest BCUT2D eigenvalue weighted by atomic mass is 16.5. The molecule has 0 aromatic carbocycles. The Morgan fingerprint density at radius 3 is 2.68 bits per heavy atom. The molecule has 1 rings (SSSR count). The van der Waals surface area contributed by atoms with Crippen LogP contribution in [-0.4, -0.2) is 62.3 Å². The van der Waals surface area contributed by atoms with Gasteiger partial charge >= 0.3 is 0 Å². The van der Waals surface area contributed by atoms with Crippen LogP contribution in [0.2, 0.25) is 0 Å². The van der Waals surface area contributed by atoms with E-state index in [4.69, 9.17) is 9.47 Å². The summed E-state index contributed by atoms with van der Waals surface area (Å²) < 4.78 is 10.2. The summed E-state index contributed by atoms with van der Waals surface area (Å²) in [5.41, 5.74) is -0.758. The van der Waals surface area contributed by atoms with Crippen LogP contribution in [0.3, 0.4) is 0 Å². The van der Waals surface area contributed by atoms with E-state index >= 15 is 0 Å². The summed E-state index contributed by atoms with van der Waals surface area (Å²) in [5.74, 6) is -0.101. The first kappa shape index (κ1) is 15.9. The van der Waals surface area contributed by atoms with Crippen molar-refractivity contribution < 1.29 is 19.1 Å². The predicted molar refractivity (Wildman–Crippen MR) is 70.7 cm³/mol. The second-order valence-corrected chi connectivity index (χ2v) is 4.92. The number of methoxy groups -OCH3 is 1. The Morgan fingerprint density at radius 2 is 2.05 bits per heavy atom. The number of rotatable bonds is 8. The zero-order valence-corrected chi connectivity index (χ0v) is 12.0. The van der Waals surface area contributed by atoms with E-state index in [0.717, 1.165) is 6.42 Å². The third-order valence-electron chi connectivity index (χ3n) is 3.36. The molecule has 110 valence electrons. The predicted octanol–water partition coefficient (Wildman–Crippen LogP) is 0.167. The monoisotopic (exact) mass is 272 g/mol. The number of carbonyl (C=O) groups excluding carboxylic acids is 2. The number of piperazine rings is 1. The molecule has 0 aliphatic carbocycles. The Morgan fingerprint density at radius 1 is 1.32 bits per heavy atom. The van der Waals surface area contributed by atoms with E-state index in [1.807, 2.05) is 6.92 Å². The number of carbonyl (C=O) groups is 2. The third-order valence-corrected chi connectivity index (χ3v) is 3.36. The minimum atomic E-state index is -0.758. The van der Waals surface area contributed by atoms with Crippen LogP contribution in [0.25, 0.3) is 0 Å². The van der Waals surface area contributed by atoms with Crippen molar-refractivity contribution in [3.8, 4) is 0 Å².